The predicted octanol–water partition coefficient (Wildman–Crippen LogP) is 1.52. The topological polar surface area (TPSA) is 121 Å². The van der Waals surface area contributed by atoms with Crippen molar-refractivity contribution in [3.8, 4) is 0 Å². The zero-order valence-corrected chi connectivity index (χ0v) is 18.0. The van der Waals surface area contributed by atoms with Crippen molar-refractivity contribution in [2.75, 3.05) is 13.6 Å². The van der Waals surface area contributed by atoms with E-state index in [0.717, 1.165) is 52.1 Å². The van der Waals surface area contributed by atoms with Crippen molar-refractivity contribution in [2.24, 2.45) is 11.8 Å². The van der Waals surface area contributed by atoms with Crippen LogP contribution in [0.15, 0.2) is 6.20 Å². The lowest BCUT2D eigenvalue weighted by Gasteiger charge is -2.24. The molecule has 1 aromatic rings. The van der Waals surface area contributed by atoms with E-state index in [9.17, 15) is 9.90 Å². The van der Waals surface area contributed by atoms with E-state index in [0.29, 0.717) is 23.6 Å². The number of fused-ring (bicyclic) bond motifs is 1. The van der Waals surface area contributed by atoms with Crippen LogP contribution in [0.25, 0.3) is 0 Å². The molecule has 3 aliphatic rings. The van der Waals surface area contributed by atoms with Gasteiger partial charge in [-0.05, 0) is 63.3 Å². The first kappa shape index (κ1) is 22.7. The molecular weight excluding hydrogens is 386 g/mol. The van der Waals surface area contributed by atoms with Crippen molar-refractivity contribution in [1.82, 2.24) is 25.2 Å². The summed E-state index contributed by atoms with van der Waals surface area (Å²) in [7, 11) is 1.88. The average Bonchev–Trinajstić information content (AvgIpc) is 3.40. The van der Waals surface area contributed by atoms with Gasteiger partial charge in [-0.3, -0.25) is 14.3 Å². The van der Waals surface area contributed by atoms with Gasteiger partial charge in [0.25, 0.3) is 11.9 Å². The number of aliphatic hydroxyl groups is 1. The Morgan fingerprint density at radius 2 is 1.90 bits per heavy atom. The number of aryl methyl sites for hydroxylation is 1. The van der Waals surface area contributed by atoms with Crippen LogP contribution in [-0.2, 0) is 11.3 Å². The molecule has 4 rings (SSSR count). The van der Waals surface area contributed by atoms with Gasteiger partial charge in [-0.15, -0.1) is 5.10 Å². The fraction of sp³-hybridized carbons (Fsp3) is 0.810. The summed E-state index contributed by atoms with van der Waals surface area (Å²) < 4.78 is 1.80. The highest BCUT2D eigenvalue weighted by Gasteiger charge is 2.43. The number of carbonyl (C=O) groups is 2. The Morgan fingerprint density at radius 3 is 2.50 bits per heavy atom. The maximum absolute atomic E-state index is 12.8. The van der Waals surface area contributed by atoms with Crippen molar-refractivity contribution < 1.29 is 19.8 Å². The normalized spacial score (nSPS) is 30.3. The van der Waals surface area contributed by atoms with Crippen molar-refractivity contribution in [1.29, 1.82) is 0 Å². The van der Waals surface area contributed by atoms with E-state index in [-0.39, 0.29) is 18.1 Å². The first-order valence-electron chi connectivity index (χ1n) is 11.1. The zero-order valence-electron chi connectivity index (χ0n) is 18.0. The number of rotatable bonds is 5. The first-order valence-corrected chi connectivity index (χ1v) is 11.1. The molecule has 5 atom stereocenters. The Hall–Kier alpha value is -2.00. The minimum atomic E-state index is -0.833. The van der Waals surface area contributed by atoms with Crippen LogP contribution >= 0.6 is 0 Å². The van der Waals surface area contributed by atoms with Crippen LogP contribution in [0.5, 0.6) is 0 Å². The molecule has 9 nitrogen and oxygen atoms in total. The average molecular weight is 422 g/mol. The summed E-state index contributed by atoms with van der Waals surface area (Å²) in [6, 6.07) is 0.824. The second-order valence-electron chi connectivity index (χ2n) is 9.01. The number of carboxylic acids is 1. The van der Waals surface area contributed by atoms with Crippen LogP contribution in [0.4, 0.5) is 0 Å². The number of hydrogen-bond donors (Lipinski definition) is 3. The number of carbonyl (C=O) groups excluding carboxylic acids is 1. The van der Waals surface area contributed by atoms with Gasteiger partial charge in [0, 0.05) is 32.6 Å². The Bertz CT molecular complexity index is 700. The summed E-state index contributed by atoms with van der Waals surface area (Å²) >= 11 is 0. The van der Waals surface area contributed by atoms with Crippen LogP contribution < -0.4 is 5.32 Å². The van der Waals surface area contributed by atoms with Gasteiger partial charge >= 0.3 is 0 Å². The second-order valence-corrected chi connectivity index (χ2v) is 9.01. The van der Waals surface area contributed by atoms with Gasteiger partial charge in [0.05, 0.1) is 12.3 Å². The number of hydrogen-bond acceptors (Lipinski definition) is 6. The number of amides is 1. The highest BCUT2D eigenvalue weighted by atomic mass is 16.4. The van der Waals surface area contributed by atoms with E-state index >= 15 is 0 Å². The molecule has 1 amide bonds. The molecule has 0 bridgehead atoms. The Labute approximate surface area is 177 Å². The molecule has 3 unspecified atom stereocenters. The highest BCUT2D eigenvalue weighted by Crippen LogP contribution is 2.45. The van der Waals surface area contributed by atoms with Crippen molar-refractivity contribution >= 4 is 11.9 Å². The fourth-order valence-corrected chi connectivity index (χ4v) is 5.18. The third kappa shape index (κ3) is 6.01. The number of nitrogens with one attached hydrogen (secondary N) is 1. The van der Waals surface area contributed by atoms with Gasteiger partial charge < -0.3 is 20.4 Å². The molecule has 1 saturated heterocycles. The third-order valence-electron chi connectivity index (χ3n) is 6.71. The van der Waals surface area contributed by atoms with Gasteiger partial charge in [0.15, 0.2) is 5.69 Å². The number of aliphatic carboxylic acids is 1. The van der Waals surface area contributed by atoms with Gasteiger partial charge in [0.2, 0.25) is 0 Å². The molecule has 3 fully saturated rings. The van der Waals surface area contributed by atoms with Crippen LogP contribution in [0.1, 0.15) is 68.8 Å². The van der Waals surface area contributed by atoms with Gasteiger partial charge in [-0.25, -0.2) is 0 Å². The molecule has 1 aromatic heterocycles. The summed E-state index contributed by atoms with van der Waals surface area (Å²) in [6.45, 7) is 2.99. The summed E-state index contributed by atoms with van der Waals surface area (Å²) in [4.78, 5) is 23.6. The second kappa shape index (κ2) is 10.3. The summed E-state index contributed by atoms with van der Waals surface area (Å²) in [5, 5.41) is 29.0. The molecule has 0 radical (unpaired) electrons. The maximum atomic E-state index is 12.8. The molecule has 168 valence electrons. The van der Waals surface area contributed by atoms with Crippen LogP contribution in [0, 0.1) is 11.8 Å². The zero-order chi connectivity index (χ0) is 21.7. The Kier molecular flexibility index (Phi) is 7.82. The smallest absolute Gasteiger partial charge is 0.300 e. The van der Waals surface area contributed by atoms with Gasteiger partial charge in [-0.1, -0.05) is 11.6 Å². The van der Waals surface area contributed by atoms with Crippen molar-refractivity contribution in [3.05, 3.63) is 11.9 Å². The van der Waals surface area contributed by atoms with Crippen LogP contribution in [-0.4, -0.2) is 73.8 Å². The molecule has 2 aliphatic carbocycles. The van der Waals surface area contributed by atoms with E-state index in [2.05, 4.69) is 15.6 Å². The standard InChI is InChI=1S/C19H31N5O2.C2H4O2/c1-23(16-8-13-10-17(25)11-14(13)9-16)19(26)18-12-24(22-21-18)7-5-15-4-2-3-6-20-15;1-2(3)4/h12-17,20,25H,2-11H2,1H3;1H3,(H,3,4)/t13-,14+,15?,16?,17?;. The highest BCUT2D eigenvalue weighted by molar-refractivity contribution is 5.92. The number of aromatic nitrogens is 3. The van der Waals surface area contributed by atoms with E-state index < -0.39 is 5.97 Å². The lowest BCUT2D eigenvalue weighted by Crippen LogP contribution is -2.36. The lowest BCUT2D eigenvalue weighted by molar-refractivity contribution is -0.134. The lowest BCUT2D eigenvalue weighted by atomic mass is 10.0. The third-order valence-corrected chi connectivity index (χ3v) is 6.71. The molecule has 0 spiro atoms. The molecule has 9 heteroatoms. The Balaban J connectivity index is 0.000000589. The van der Waals surface area contributed by atoms with E-state index in [1.165, 1.54) is 19.3 Å². The summed E-state index contributed by atoms with van der Waals surface area (Å²) in [5.74, 6) is 0.283. The van der Waals surface area contributed by atoms with E-state index in [1.807, 2.05) is 11.9 Å². The first-order chi connectivity index (χ1) is 14.3. The Morgan fingerprint density at radius 1 is 1.23 bits per heavy atom. The predicted molar refractivity (Wildman–Crippen MR) is 111 cm³/mol. The molecular formula is C21H35N5O4. The van der Waals surface area contributed by atoms with Crippen LogP contribution in [0.2, 0.25) is 0 Å². The number of carboxylic acid groups (broad SMARTS) is 1. The monoisotopic (exact) mass is 421 g/mol. The maximum Gasteiger partial charge on any atom is 0.300 e. The SMILES string of the molecule is CC(=O)O.CN(C(=O)c1cn(CCC2CCCCN2)nn1)C1C[C@H]2CC(O)C[C@H]2C1. The summed E-state index contributed by atoms with van der Waals surface area (Å²) in [5.41, 5.74) is 0.446. The number of nitrogens with zero attached hydrogens (tertiary/aromatic N) is 4. The summed E-state index contributed by atoms with van der Waals surface area (Å²) in [6.07, 6.45) is 10.3. The number of aliphatic hydroxyl groups excluding tert-OH is 1. The minimum Gasteiger partial charge on any atom is -0.481 e. The van der Waals surface area contributed by atoms with E-state index in [4.69, 9.17) is 9.90 Å². The molecule has 30 heavy (non-hydrogen) atoms. The minimum absolute atomic E-state index is 0.0300. The molecule has 0 aromatic carbocycles. The molecule has 3 N–H and O–H groups in total. The van der Waals surface area contributed by atoms with Gasteiger partial charge in [0.1, 0.15) is 0 Å². The fourth-order valence-electron chi connectivity index (χ4n) is 5.18. The van der Waals surface area contributed by atoms with Crippen molar-refractivity contribution in [2.45, 2.75) is 83.0 Å². The number of piperidine rings is 1. The van der Waals surface area contributed by atoms with Crippen molar-refractivity contribution in [3.63, 3.8) is 0 Å². The molecule has 2 heterocycles. The van der Waals surface area contributed by atoms with Gasteiger partial charge in [-0.2, -0.15) is 0 Å². The quantitative estimate of drug-likeness (QED) is 0.659. The van der Waals surface area contributed by atoms with E-state index in [1.54, 1.807) is 10.9 Å². The van der Waals surface area contributed by atoms with Crippen LogP contribution in [0.3, 0.4) is 0 Å². The largest absolute Gasteiger partial charge is 0.481 e. The molecule has 1 aliphatic heterocycles. The molecule has 2 saturated carbocycles.